The van der Waals surface area contributed by atoms with Gasteiger partial charge >= 0.3 is 0 Å². The average Bonchev–Trinajstić information content (AvgIpc) is 2.12. The summed E-state index contributed by atoms with van der Waals surface area (Å²) in [6.07, 6.45) is 0. The SMILES string of the molecule is Cc1ccc2ccc(F)cc2c1S. The molecule has 0 aliphatic heterocycles. The first-order valence-electron chi connectivity index (χ1n) is 4.06. The van der Waals surface area contributed by atoms with E-state index in [2.05, 4.69) is 12.6 Å². The maximum atomic E-state index is 12.9. The first kappa shape index (κ1) is 8.57. The third-order valence-corrected chi connectivity index (χ3v) is 2.75. The van der Waals surface area contributed by atoms with Gasteiger partial charge in [-0.15, -0.1) is 12.6 Å². The van der Waals surface area contributed by atoms with Crippen molar-refractivity contribution in [3.05, 3.63) is 41.7 Å². The third kappa shape index (κ3) is 1.42. The second-order valence-electron chi connectivity index (χ2n) is 3.10. The molecule has 0 N–H and O–H groups in total. The van der Waals surface area contributed by atoms with Gasteiger partial charge in [-0.3, -0.25) is 0 Å². The van der Waals surface area contributed by atoms with Gasteiger partial charge in [-0.2, -0.15) is 0 Å². The van der Waals surface area contributed by atoms with E-state index in [9.17, 15) is 4.39 Å². The van der Waals surface area contributed by atoms with Crippen molar-refractivity contribution in [1.82, 2.24) is 0 Å². The number of benzene rings is 2. The van der Waals surface area contributed by atoms with Gasteiger partial charge in [0.2, 0.25) is 0 Å². The van der Waals surface area contributed by atoms with E-state index in [0.29, 0.717) is 0 Å². The number of thiol groups is 1. The largest absolute Gasteiger partial charge is 0.207 e. The Balaban J connectivity index is 2.89. The minimum atomic E-state index is -0.214. The van der Waals surface area contributed by atoms with Gasteiger partial charge < -0.3 is 0 Å². The molecule has 0 unspecified atom stereocenters. The molecule has 2 rings (SSSR count). The van der Waals surface area contributed by atoms with Crippen molar-refractivity contribution >= 4 is 23.4 Å². The molecule has 13 heavy (non-hydrogen) atoms. The summed E-state index contributed by atoms with van der Waals surface area (Å²) in [6.45, 7) is 1.96. The molecule has 0 aliphatic rings. The molecule has 0 saturated carbocycles. The van der Waals surface area contributed by atoms with Crippen molar-refractivity contribution in [2.75, 3.05) is 0 Å². The molecule has 2 aromatic rings. The van der Waals surface area contributed by atoms with Crippen molar-refractivity contribution in [3.8, 4) is 0 Å². The van der Waals surface area contributed by atoms with E-state index in [4.69, 9.17) is 0 Å². The summed E-state index contributed by atoms with van der Waals surface area (Å²) in [5, 5.41) is 1.90. The van der Waals surface area contributed by atoms with Crippen LogP contribution in [-0.2, 0) is 0 Å². The maximum absolute atomic E-state index is 12.9. The van der Waals surface area contributed by atoms with Crippen LogP contribution in [0.15, 0.2) is 35.2 Å². The first-order valence-corrected chi connectivity index (χ1v) is 4.51. The molecule has 2 aromatic carbocycles. The molecule has 0 atom stereocenters. The molecule has 0 aromatic heterocycles. The summed E-state index contributed by atoms with van der Waals surface area (Å²) in [4.78, 5) is 0.858. The molecule has 2 heteroatoms. The molecular weight excluding hydrogens is 183 g/mol. The standard InChI is InChI=1S/C11H9FS/c1-7-2-3-8-4-5-9(12)6-10(8)11(7)13/h2-6,13H,1H3. The van der Waals surface area contributed by atoms with Crippen LogP contribution in [-0.4, -0.2) is 0 Å². The van der Waals surface area contributed by atoms with Crippen LogP contribution in [0.2, 0.25) is 0 Å². The normalized spacial score (nSPS) is 10.7. The Hall–Kier alpha value is -1.02. The fourth-order valence-corrected chi connectivity index (χ4v) is 1.65. The highest BCUT2D eigenvalue weighted by atomic mass is 32.1. The highest BCUT2D eigenvalue weighted by Crippen LogP contribution is 2.25. The van der Waals surface area contributed by atoms with Crippen LogP contribution in [0.1, 0.15) is 5.56 Å². The molecule has 0 nitrogen and oxygen atoms in total. The average molecular weight is 192 g/mol. The number of hydrogen-bond donors (Lipinski definition) is 1. The van der Waals surface area contributed by atoms with E-state index in [1.54, 1.807) is 6.07 Å². The molecular formula is C11H9FS. The Bertz CT molecular complexity index is 458. The maximum Gasteiger partial charge on any atom is 0.123 e. The van der Waals surface area contributed by atoms with Crippen LogP contribution < -0.4 is 0 Å². The Morgan fingerprint density at radius 2 is 1.85 bits per heavy atom. The number of halogens is 1. The van der Waals surface area contributed by atoms with Crippen molar-refractivity contribution in [3.63, 3.8) is 0 Å². The molecule has 0 amide bonds. The van der Waals surface area contributed by atoms with Crippen molar-refractivity contribution < 1.29 is 4.39 Å². The molecule has 0 fully saturated rings. The monoisotopic (exact) mass is 192 g/mol. The van der Waals surface area contributed by atoms with Gasteiger partial charge in [0.15, 0.2) is 0 Å². The van der Waals surface area contributed by atoms with Crippen LogP contribution in [0, 0.1) is 12.7 Å². The summed E-state index contributed by atoms with van der Waals surface area (Å²) >= 11 is 4.34. The molecule has 0 radical (unpaired) electrons. The fourth-order valence-electron chi connectivity index (χ4n) is 1.39. The molecule has 0 spiro atoms. The quantitative estimate of drug-likeness (QED) is 0.606. The van der Waals surface area contributed by atoms with E-state index >= 15 is 0 Å². The van der Waals surface area contributed by atoms with Crippen LogP contribution >= 0.6 is 12.6 Å². The predicted octanol–water partition coefficient (Wildman–Crippen LogP) is 3.58. The lowest BCUT2D eigenvalue weighted by Gasteiger charge is -2.04. The Kier molecular flexibility index (Phi) is 2.00. The van der Waals surface area contributed by atoms with Crippen molar-refractivity contribution in [2.45, 2.75) is 11.8 Å². The van der Waals surface area contributed by atoms with Gasteiger partial charge in [-0.05, 0) is 35.4 Å². The van der Waals surface area contributed by atoms with E-state index < -0.39 is 0 Å². The predicted molar refractivity (Wildman–Crippen MR) is 55.9 cm³/mol. The zero-order valence-corrected chi connectivity index (χ0v) is 8.11. The van der Waals surface area contributed by atoms with Crippen molar-refractivity contribution in [2.24, 2.45) is 0 Å². The summed E-state index contributed by atoms with van der Waals surface area (Å²) in [5.74, 6) is -0.214. The first-order chi connectivity index (χ1) is 6.18. The lowest BCUT2D eigenvalue weighted by Crippen LogP contribution is -1.81. The highest BCUT2D eigenvalue weighted by molar-refractivity contribution is 7.80. The van der Waals surface area contributed by atoms with E-state index in [-0.39, 0.29) is 5.82 Å². The van der Waals surface area contributed by atoms with Crippen LogP contribution in [0.4, 0.5) is 4.39 Å². The number of rotatable bonds is 0. The van der Waals surface area contributed by atoms with Gasteiger partial charge in [0.25, 0.3) is 0 Å². The second kappa shape index (κ2) is 3.04. The molecule has 0 bridgehead atoms. The number of aryl methyl sites for hydroxylation is 1. The summed E-state index contributed by atoms with van der Waals surface area (Å²) in [7, 11) is 0. The summed E-state index contributed by atoms with van der Waals surface area (Å²) < 4.78 is 12.9. The second-order valence-corrected chi connectivity index (χ2v) is 3.54. The number of hydrogen-bond acceptors (Lipinski definition) is 1. The fraction of sp³-hybridized carbons (Fsp3) is 0.0909. The van der Waals surface area contributed by atoms with Gasteiger partial charge in [0.1, 0.15) is 5.82 Å². The van der Waals surface area contributed by atoms with Gasteiger partial charge in [-0.25, -0.2) is 4.39 Å². The Morgan fingerprint density at radius 3 is 2.62 bits per heavy atom. The Labute approximate surface area is 81.8 Å². The van der Waals surface area contributed by atoms with E-state index in [1.807, 2.05) is 19.1 Å². The summed E-state index contributed by atoms with van der Waals surface area (Å²) in [6, 6.07) is 8.71. The molecule has 66 valence electrons. The minimum Gasteiger partial charge on any atom is -0.207 e. The van der Waals surface area contributed by atoms with Crippen LogP contribution in [0.3, 0.4) is 0 Å². The zero-order chi connectivity index (χ0) is 9.42. The number of fused-ring (bicyclic) bond motifs is 1. The topological polar surface area (TPSA) is 0 Å². The van der Waals surface area contributed by atoms with Gasteiger partial charge in [0, 0.05) is 4.90 Å². The van der Waals surface area contributed by atoms with E-state index in [1.165, 1.54) is 12.1 Å². The Morgan fingerprint density at radius 1 is 1.15 bits per heavy atom. The summed E-state index contributed by atoms with van der Waals surface area (Å²) in [5.41, 5.74) is 1.07. The highest BCUT2D eigenvalue weighted by Gasteiger charge is 2.01. The minimum absolute atomic E-state index is 0.214. The lowest BCUT2D eigenvalue weighted by molar-refractivity contribution is 0.629. The van der Waals surface area contributed by atoms with Gasteiger partial charge in [0.05, 0.1) is 0 Å². The van der Waals surface area contributed by atoms with Crippen LogP contribution in [0.25, 0.3) is 10.8 Å². The van der Waals surface area contributed by atoms with E-state index in [0.717, 1.165) is 21.2 Å². The molecule has 0 saturated heterocycles. The zero-order valence-electron chi connectivity index (χ0n) is 7.21. The third-order valence-electron chi connectivity index (χ3n) is 2.16. The van der Waals surface area contributed by atoms with Crippen molar-refractivity contribution in [1.29, 1.82) is 0 Å². The molecule has 0 aliphatic carbocycles. The lowest BCUT2D eigenvalue weighted by atomic mass is 10.1. The van der Waals surface area contributed by atoms with Crippen LogP contribution in [0.5, 0.6) is 0 Å². The van der Waals surface area contributed by atoms with Gasteiger partial charge in [-0.1, -0.05) is 18.2 Å². The molecule has 0 heterocycles. The smallest absolute Gasteiger partial charge is 0.123 e.